The number of sulfone groups is 1. The zero-order valence-electron chi connectivity index (χ0n) is 10.5. The molecule has 0 aromatic heterocycles. The standard InChI is InChI=1S/C11H15F3N2O2S/c1-7(6-19(2,17)18)16-8-3-4-10(15)9(5-8)11(12,13)14/h3-5,7,16H,6,15H2,1-2H3. The second-order valence-corrected chi connectivity index (χ2v) is 6.62. The maximum absolute atomic E-state index is 12.6. The Morgan fingerprint density at radius 1 is 1.37 bits per heavy atom. The van der Waals surface area contributed by atoms with Gasteiger partial charge in [0, 0.05) is 23.7 Å². The Hall–Kier alpha value is -1.44. The minimum absolute atomic E-state index is 0.168. The van der Waals surface area contributed by atoms with Crippen LogP contribution in [0.25, 0.3) is 0 Å². The number of rotatable bonds is 4. The summed E-state index contributed by atoms with van der Waals surface area (Å²) in [4.78, 5) is 0. The third kappa shape index (κ3) is 4.98. The molecule has 1 aromatic rings. The van der Waals surface area contributed by atoms with Gasteiger partial charge in [-0.25, -0.2) is 8.42 Å². The van der Waals surface area contributed by atoms with E-state index < -0.39 is 27.6 Å². The summed E-state index contributed by atoms with van der Waals surface area (Å²) in [5.41, 5.74) is 4.14. The molecule has 1 atom stereocenters. The van der Waals surface area contributed by atoms with Gasteiger partial charge in [0.25, 0.3) is 0 Å². The molecule has 0 saturated carbocycles. The quantitative estimate of drug-likeness (QED) is 0.835. The van der Waals surface area contributed by atoms with Gasteiger partial charge in [-0.3, -0.25) is 0 Å². The van der Waals surface area contributed by atoms with Crippen molar-refractivity contribution in [2.24, 2.45) is 0 Å². The van der Waals surface area contributed by atoms with Crippen molar-refractivity contribution in [3.63, 3.8) is 0 Å². The molecule has 3 N–H and O–H groups in total. The van der Waals surface area contributed by atoms with Gasteiger partial charge >= 0.3 is 6.18 Å². The lowest BCUT2D eigenvalue weighted by atomic mass is 10.1. The van der Waals surface area contributed by atoms with E-state index in [-0.39, 0.29) is 17.1 Å². The highest BCUT2D eigenvalue weighted by molar-refractivity contribution is 7.90. The summed E-state index contributed by atoms with van der Waals surface area (Å²) in [7, 11) is -3.20. The van der Waals surface area contributed by atoms with Crippen LogP contribution in [-0.4, -0.2) is 26.5 Å². The summed E-state index contributed by atoms with van der Waals surface area (Å²) in [5.74, 6) is -0.168. The molecule has 0 aliphatic rings. The van der Waals surface area contributed by atoms with Crippen molar-refractivity contribution in [3.8, 4) is 0 Å². The van der Waals surface area contributed by atoms with Crippen molar-refractivity contribution in [2.75, 3.05) is 23.1 Å². The van der Waals surface area contributed by atoms with Crippen LogP contribution in [0.2, 0.25) is 0 Å². The first-order chi connectivity index (χ1) is 8.49. The summed E-state index contributed by atoms with van der Waals surface area (Å²) in [6.45, 7) is 1.57. The van der Waals surface area contributed by atoms with Crippen molar-refractivity contribution in [3.05, 3.63) is 23.8 Å². The normalized spacial score (nSPS) is 14.2. The maximum atomic E-state index is 12.6. The zero-order valence-corrected chi connectivity index (χ0v) is 11.3. The Morgan fingerprint density at radius 3 is 2.42 bits per heavy atom. The third-order valence-corrected chi connectivity index (χ3v) is 3.43. The lowest BCUT2D eigenvalue weighted by Crippen LogP contribution is -2.25. The molecule has 1 rings (SSSR count). The highest BCUT2D eigenvalue weighted by Crippen LogP contribution is 2.35. The van der Waals surface area contributed by atoms with Gasteiger partial charge in [-0.15, -0.1) is 0 Å². The molecule has 0 radical (unpaired) electrons. The van der Waals surface area contributed by atoms with Gasteiger partial charge in [0.05, 0.1) is 11.3 Å². The molecule has 4 nitrogen and oxygen atoms in total. The Bertz CT molecular complexity index is 556. The van der Waals surface area contributed by atoms with E-state index in [0.29, 0.717) is 0 Å². The van der Waals surface area contributed by atoms with E-state index in [4.69, 9.17) is 5.73 Å². The smallest absolute Gasteiger partial charge is 0.398 e. The largest absolute Gasteiger partial charge is 0.418 e. The van der Waals surface area contributed by atoms with Crippen LogP contribution in [-0.2, 0) is 16.0 Å². The molecule has 19 heavy (non-hydrogen) atoms. The molecule has 1 aromatic carbocycles. The lowest BCUT2D eigenvalue weighted by Gasteiger charge is -2.17. The first-order valence-electron chi connectivity index (χ1n) is 5.40. The van der Waals surface area contributed by atoms with Crippen molar-refractivity contribution in [1.29, 1.82) is 0 Å². The van der Waals surface area contributed by atoms with Crippen LogP contribution >= 0.6 is 0 Å². The molecular weight excluding hydrogens is 281 g/mol. The monoisotopic (exact) mass is 296 g/mol. The van der Waals surface area contributed by atoms with E-state index in [2.05, 4.69) is 5.32 Å². The molecule has 1 unspecified atom stereocenters. The summed E-state index contributed by atoms with van der Waals surface area (Å²) in [5, 5.41) is 2.70. The summed E-state index contributed by atoms with van der Waals surface area (Å²) >= 11 is 0. The number of nitrogen functional groups attached to an aromatic ring is 1. The minimum Gasteiger partial charge on any atom is -0.398 e. The van der Waals surface area contributed by atoms with Crippen LogP contribution in [0, 0.1) is 0 Å². The van der Waals surface area contributed by atoms with E-state index in [1.54, 1.807) is 6.92 Å². The maximum Gasteiger partial charge on any atom is 0.418 e. The molecule has 0 fully saturated rings. The van der Waals surface area contributed by atoms with Crippen LogP contribution in [0.5, 0.6) is 0 Å². The molecule has 0 heterocycles. The lowest BCUT2D eigenvalue weighted by molar-refractivity contribution is -0.136. The van der Waals surface area contributed by atoms with E-state index >= 15 is 0 Å². The Balaban J connectivity index is 2.92. The van der Waals surface area contributed by atoms with Crippen LogP contribution in [0.1, 0.15) is 12.5 Å². The van der Waals surface area contributed by atoms with Gasteiger partial charge in [-0.1, -0.05) is 0 Å². The van der Waals surface area contributed by atoms with Crippen LogP contribution < -0.4 is 11.1 Å². The Labute approximate surface area is 109 Å². The summed E-state index contributed by atoms with van der Waals surface area (Å²) < 4.78 is 60.0. The highest BCUT2D eigenvalue weighted by Gasteiger charge is 2.33. The molecule has 0 aliphatic heterocycles. The van der Waals surface area contributed by atoms with Crippen molar-refractivity contribution < 1.29 is 21.6 Å². The van der Waals surface area contributed by atoms with Gasteiger partial charge in [0.2, 0.25) is 0 Å². The molecule has 0 aliphatic carbocycles. The topological polar surface area (TPSA) is 72.2 Å². The number of anilines is 2. The second-order valence-electron chi connectivity index (χ2n) is 4.44. The van der Waals surface area contributed by atoms with Gasteiger partial charge < -0.3 is 11.1 Å². The fraction of sp³-hybridized carbons (Fsp3) is 0.455. The molecule has 0 bridgehead atoms. The van der Waals surface area contributed by atoms with E-state index in [1.807, 2.05) is 0 Å². The number of nitrogens with two attached hydrogens (primary N) is 1. The number of benzene rings is 1. The fourth-order valence-electron chi connectivity index (χ4n) is 1.67. The molecular formula is C11H15F3N2O2S. The SMILES string of the molecule is CC(CS(C)(=O)=O)Nc1ccc(N)c(C(F)(F)F)c1. The molecule has 0 amide bonds. The van der Waals surface area contributed by atoms with Crippen molar-refractivity contribution in [1.82, 2.24) is 0 Å². The molecule has 0 spiro atoms. The molecule has 108 valence electrons. The predicted octanol–water partition coefficient (Wildman–Crippen LogP) is 2.13. The number of halogens is 3. The predicted molar refractivity (Wildman–Crippen MR) is 68.7 cm³/mol. The van der Waals surface area contributed by atoms with Gasteiger partial charge in [-0.05, 0) is 25.1 Å². The Kier molecular flexibility index (Phi) is 4.34. The first kappa shape index (κ1) is 15.6. The van der Waals surface area contributed by atoms with Crippen molar-refractivity contribution >= 4 is 21.2 Å². The number of hydrogen-bond acceptors (Lipinski definition) is 4. The minimum atomic E-state index is -4.54. The average molecular weight is 296 g/mol. The summed E-state index contributed by atoms with van der Waals surface area (Å²) in [6, 6.07) is 2.88. The van der Waals surface area contributed by atoms with Crippen LogP contribution in [0.4, 0.5) is 24.5 Å². The third-order valence-electron chi connectivity index (χ3n) is 2.32. The van der Waals surface area contributed by atoms with E-state index in [0.717, 1.165) is 18.4 Å². The first-order valence-corrected chi connectivity index (χ1v) is 7.46. The number of hydrogen-bond donors (Lipinski definition) is 2. The van der Waals surface area contributed by atoms with Gasteiger partial charge in [-0.2, -0.15) is 13.2 Å². The second kappa shape index (κ2) is 5.28. The fourth-order valence-corrected chi connectivity index (χ4v) is 2.66. The van der Waals surface area contributed by atoms with E-state index in [9.17, 15) is 21.6 Å². The van der Waals surface area contributed by atoms with E-state index in [1.165, 1.54) is 6.07 Å². The highest BCUT2D eigenvalue weighted by atomic mass is 32.2. The Morgan fingerprint density at radius 2 is 1.95 bits per heavy atom. The van der Waals surface area contributed by atoms with Crippen molar-refractivity contribution in [2.45, 2.75) is 19.1 Å². The average Bonchev–Trinajstić information content (AvgIpc) is 2.16. The number of nitrogens with one attached hydrogen (secondary N) is 1. The molecule has 8 heteroatoms. The number of alkyl halides is 3. The molecule has 0 saturated heterocycles. The summed E-state index contributed by atoms with van der Waals surface area (Å²) in [6.07, 6.45) is -3.48. The van der Waals surface area contributed by atoms with Crippen LogP contribution in [0.15, 0.2) is 18.2 Å². The zero-order chi connectivity index (χ0) is 14.8. The van der Waals surface area contributed by atoms with Crippen LogP contribution in [0.3, 0.4) is 0 Å². The van der Waals surface area contributed by atoms with Gasteiger partial charge in [0.15, 0.2) is 0 Å². The van der Waals surface area contributed by atoms with Gasteiger partial charge in [0.1, 0.15) is 9.84 Å².